The van der Waals surface area contributed by atoms with E-state index in [1.54, 1.807) is 13.0 Å². The van der Waals surface area contributed by atoms with Gasteiger partial charge in [0.25, 0.3) is 0 Å². The lowest BCUT2D eigenvalue weighted by molar-refractivity contribution is -0.115. The molecule has 0 atom stereocenters. The minimum absolute atomic E-state index is 0.134. The van der Waals surface area contributed by atoms with Gasteiger partial charge in [0.2, 0.25) is 0 Å². The van der Waals surface area contributed by atoms with Crippen LogP contribution in [0.4, 0.5) is 0 Å². The van der Waals surface area contributed by atoms with Crippen LogP contribution in [0.25, 0.3) is 0 Å². The fourth-order valence-corrected chi connectivity index (χ4v) is 1.37. The molecule has 0 saturated carbocycles. The summed E-state index contributed by atoms with van der Waals surface area (Å²) in [4.78, 5) is 21.6. The largest absolute Gasteiger partial charge is 0.299 e. The van der Waals surface area contributed by atoms with E-state index in [0.29, 0.717) is 12.0 Å². The maximum Gasteiger partial charge on any atom is 0.158 e. The van der Waals surface area contributed by atoms with Gasteiger partial charge in [0.15, 0.2) is 5.78 Å². The second-order valence-electron chi connectivity index (χ2n) is 4.44. The average Bonchev–Trinajstić information content (AvgIpc) is 2.26. The van der Waals surface area contributed by atoms with E-state index in [4.69, 9.17) is 0 Å². The molecule has 0 spiro atoms. The summed E-state index contributed by atoms with van der Waals surface area (Å²) < 4.78 is 0. The Labute approximate surface area is 104 Å². The molecule has 94 valence electrons. The molecule has 17 heavy (non-hydrogen) atoms. The van der Waals surface area contributed by atoms with Crippen molar-refractivity contribution in [1.29, 1.82) is 0 Å². The molecule has 0 aromatic rings. The molecule has 2 heteroatoms. The van der Waals surface area contributed by atoms with Crippen LogP contribution in [0.5, 0.6) is 0 Å². The van der Waals surface area contributed by atoms with Crippen LogP contribution in [0.3, 0.4) is 0 Å². The summed E-state index contributed by atoms with van der Waals surface area (Å²) in [5.41, 5.74) is 2.93. The van der Waals surface area contributed by atoms with Crippen molar-refractivity contribution in [2.75, 3.05) is 0 Å². The highest BCUT2D eigenvalue weighted by Gasteiger charge is 2.02. The Hall–Kier alpha value is -1.44. The average molecular weight is 234 g/mol. The number of carbonyl (C=O) groups excluding carboxylic acids is 2. The molecule has 0 aliphatic heterocycles. The van der Waals surface area contributed by atoms with Crippen LogP contribution >= 0.6 is 0 Å². The number of rotatable bonds is 8. The van der Waals surface area contributed by atoms with Crippen molar-refractivity contribution in [3.8, 4) is 0 Å². The molecule has 0 saturated heterocycles. The van der Waals surface area contributed by atoms with Gasteiger partial charge in [0.05, 0.1) is 0 Å². The highest BCUT2D eigenvalue weighted by atomic mass is 16.1. The van der Waals surface area contributed by atoms with E-state index in [-0.39, 0.29) is 5.78 Å². The Bertz CT molecular complexity index is 346. The van der Waals surface area contributed by atoms with Gasteiger partial charge in [-0.25, -0.2) is 0 Å². The molecule has 0 amide bonds. The molecule has 0 aliphatic rings. The number of hydrogen-bond acceptors (Lipinski definition) is 2. The zero-order chi connectivity index (χ0) is 13.3. The summed E-state index contributed by atoms with van der Waals surface area (Å²) in [6.07, 6.45) is 7.69. The van der Waals surface area contributed by atoms with Gasteiger partial charge in [-0.15, -0.1) is 0 Å². The van der Waals surface area contributed by atoms with Crippen molar-refractivity contribution in [1.82, 2.24) is 0 Å². The highest BCUT2D eigenvalue weighted by Crippen LogP contribution is 2.11. The van der Waals surface area contributed by atoms with Crippen LogP contribution in [0, 0.1) is 0 Å². The van der Waals surface area contributed by atoms with E-state index >= 15 is 0 Å². The number of allylic oxidation sites excluding steroid dienone is 5. The van der Waals surface area contributed by atoms with Crippen molar-refractivity contribution >= 4 is 12.1 Å². The fraction of sp³-hybridized carbons (Fsp3) is 0.467. The molecule has 0 bridgehead atoms. The second-order valence-corrected chi connectivity index (χ2v) is 4.44. The van der Waals surface area contributed by atoms with Gasteiger partial charge in [-0.2, -0.15) is 0 Å². The van der Waals surface area contributed by atoms with Crippen LogP contribution in [-0.2, 0) is 9.59 Å². The molecule has 0 fully saturated rings. The molecule has 0 N–H and O–H groups in total. The van der Waals surface area contributed by atoms with Crippen molar-refractivity contribution in [2.45, 2.75) is 46.5 Å². The van der Waals surface area contributed by atoms with E-state index in [2.05, 4.69) is 12.7 Å². The Morgan fingerprint density at radius 1 is 1.06 bits per heavy atom. The Balaban J connectivity index is 3.95. The third-order valence-electron chi connectivity index (χ3n) is 2.61. The summed E-state index contributed by atoms with van der Waals surface area (Å²) >= 11 is 0. The van der Waals surface area contributed by atoms with Crippen molar-refractivity contribution in [3.05, 3.63) is 35.5 Å². The molecule has 0 aromatic carbocycles. The van der Waals surface area contributed by atoms with Gasteiger partial charge in [-0.05, 0) is 51.7 Å². The number of ketones is 1. The smallest absolute Gasteiger partial charge is 0.158 e. The van der Waals surface area contributed by atoms with Crippen LogP contribution in [0.15, 0.2) is 35.5 Å². The molecule has 0 unspecified atom stereocenters. The predicted molar refractivity (Wildman–Crippen MR) is 71.9 cm³/mol. The minimum atomic E-state index is 0.134. The lowest BCUT2D eigenvalue weighted by atomic mass is 10.0. The predicted octanol–water partition coefficient (Wildman–Crippen LogP) is 3.78. The molecule has 0 aliphatic carbocycles. The normalized spacial score (nSPS) is 12.4. The van der Waals surface area contributed by atoms with E-state index < -0.39 is 0 Å². The van der Waals surface area contributed by atoms with Crippen LogP contribution < -0.4 is 0 Å². The first-order chi connectivity index (χ1) is 7.97. The van der Waals surface area contributed by atoms with E-state index in [1.807, 2.05) is 13.8 Å². The maximum atomic E-state index is 11.3. The number of hydrogen-bond donors (Lipinski definition) is 0. The Kier molecular flexibility index (Phi) is 7.95. The quantitative estimate of drug-likeness (QED) is 0.364. The monoisotopic (exact) mass is 234 g/mol. The number of aldehydes is 1. The van der Waals surface area contributed by atoms with Crippen molar-refractivity contribution < 1.29 is 9.59 Å². The lowest BCUT2D eigenvalue weighted by Gasteiger charge is -2.02. The SMILES string of the molecule is C=C(C)C(=O)CC/C(C)=C/CC/C(C)=C/C=O. The molecule has 2 nitrogen and oxygen atoms in total. The van der Waals surface area contributed by atoms with E-state index in [1.165, 1.54) is 5.57 Å². The first-order valence-electron chi connectivity index (χ1n) is 5.92. The first-order valence-corrected chi connectivity index (χ1v) is 5.92. The number of Topliss-reactive ketones (excluding diaryl/α,β-unsaturated/α-hetero) is 1. The number of carbonyl (C=O) groups is 2. The van der Waals surface area contributed by atoms with Crippen LogP contribution in [0.2, 0.25) is 0 Å². The summed E-state index contributed by atoms with van der Waals surface area (Å²) in [7, 11) is 0. The van der Waals surface area contributed by atoms with Crippen LogP contribution in [-0.4, -0.2) is 12.1 Å². The summed E-state index contributed by atoms with van der Waals surface area (Å²) in [6, 6.07) is 0. The topological polar surface area (TPSA) is 34.1 Å². The summed E-state index contributed by atoms with van der Waals surface area (Å²) in [6.45, 7) is 9.35. The molecular formula is C15H22O2. The van der Waals surface area contributed by atoms with Crippen molar-refractivity contribution in [3.63, 3.8) is 0 Å². The zero-order valence-electron chi connectivity index (χ0n) is 11.1. The Morgan fingerprint density at radius 3 is 2.24 bits per heavy atom. The second kappa shape index (κ2) is 8.68. The van der Waals surface area contributed by atoms with Gasteiger partial charge in [0.1, 0.15) is 6.29 Å². The van der Waals surface area contributed by atoms with E-state index in [0.717, 1.165) is 31.1 Å². The van der Waals surface area contributed by atoms with Gasteiger partial charge in [-0.3, -0.25) is 9.59 Å². The minimum Gasteiger partial charge on any atom is -0.299 e. The standard InChI is InChI=1S/C15H22O2/c1-12(2)15(17)9-8-13(3)6-5-7-14(4)10-11-16/h6,10-11H,1,5,7-9H2,2-4H3/b13-6+,14-10+. The lowest BCUT2D eigenvalue weighted by Crippen LogP contribution is -1.98. The third-order valence-corrected chi connectivity index (χ3v) is 2.61. The highest BCUT2D eigenvalue weighted by molar-refractivity contribution is 5.94. The van der Waals surface area contributed by atoms with Gasteiger partial charge in [-0.1, -0.05) is 23.8 Å². The molecular weight excluding hydrogens is 212 g/mol. The first kappa shape index (κ1) is 15.6. The maximum absolute atomic E-state index is 11.3. The fourth-order valence-electron chi connectivity index (χ4n) is 1.37. The molecule has 0 rings (SSSR count). The molecule has 0 heterocycles. The van der Waals surface area contributed by atoms with E-state index in [9.17, 15) is 9.59 Å². The van der Waals surface area contributed by atoms with Crippen molar-refractivity contribution in [2.24, 2.45) is 0 Å². The Morgan fingerprint density at radius 2 is 1.71 bits per heavy atom. The zero-order valence-corrected chi connectivity index (χ0v) is 11.1. The van der Waals surface area contributed by atoms with Gasteiger partial charge < -0.3 is 0 Å². The molecule has 0 aromatic heterocycles. The summed E-state index contributed by atoms with van der Waals surface area (Å²) in [5, 5.41) is 0. The third kappa shape index (κ3) is 8.38. The van der Waals surface area contributed by atoms with Gasteiger partial charge in [0, 0.05) is 6.42 Å². The molecule has 0 radical (unpaired) electrons. The van der Waals surface area contributed by atoms with Crippen LogP contribution in [0.1, 0.15) is 46.5 Å². The van der Waals surface area contributed by atoms with Gasteiger partial charge >= 0.3 is 0 Å². The summed E-state index contributed by atoms with van der Waals surface area (Å²) in [5.74, 6) is 0.134.